The van der Waals surface area contributed by atoms with E-state index in [2.05, 4.69) is 60.9 Å². The first-order valence-electron chi connectivity index (χ1n) is 15.5. The number of imidazole rings is 1. The number of fused-ring (bicyclic) bond motifs is 1. The molecule has 44 heavy (non-hydrogen) atoms. The minimum atomic E-state index is -0.698. The summed E-state index contributed by atoms with van der Waals surface area (Å²) in [5.74, 6) is -0.905. The smallest absolute Gasteiger partial charge is 0.261 e. The molecule has 2 N–H and O–H groups in total. The lowest BCUT2D eigenvalue weighted by molar-refractivity contribution is 0.101. The van der Waals surface area contributed by atoms with Gasteiger partial charge in [0.05, 0.1) is 28.9 Å². The number of nitrogens with one attached hydrogen (secondary N) is 1. The molecule has 4 aromatic rings. The highest BCUT2D eigenvalue weighted by Gasteiger charge is 2.28. The molecule has 1 aliphatic heterocycles. The number of benzene rings is 1. The predicted molar refractivity (Wildman–Crippen MR) is 170 cm³/mol. The van der Waals surface area contributed by atoms with Gasteiger partial charge in [0.1, 0.15) is 5.69 Å². The van der Waals surface area contributed by atoms with E-state index in [0.29, 0.717) is 24.4 Å². The molecular formula is C32H42FN9O2. The number of aromatic nitrogens is 5. The molecule has 0 radical (unpaired) electrons. The number of carbonyl (C=O) groups is 1. The van der Waals surface area contributed by atoms with Crippen LogP contribution in [-0.4, -0.2) is 105 Å². The van der Waals surface area contributed by atoms with Crippen LogP contribution in [0.1, 0.15) is 47.8 Å². The fraction of sp³-hybridized carbons (Fsp3) is 0.500. The zero-order valence-electron chi connectivity index (χ0n) is 26.0. The van der Waals surface area contributed by atoms with Crippen molar-refractivity contribution in [2.24, 2.45) is 7.05 Å². The van der Waals surface area contributed by atoms with Gasteiger partial charge in [-0.1, -0.05) is 0 Å². The maximum Gasteiger partial charge on any atom is 0.261 e. The summed E-state index contributed by atoms with van der Waals surface area (Å²) < 4.78 is 19.5. The quantitative estimate of drug-likeness (QED) is 0.314. The molecule has 12 heteroatoms. The van der Waals surface area contributed by atoms with E-state index in [1.54, 1.807) is 17.9 Å². The molecule has 2 fully saturated rings. The minimum absolute atomic E-state index is 0.0488. The number of aryl methyl sites for hydroxylation is 1. The molecular weight excluding hydrogens is 561 g/mol. The van der Waals surface area contributed by atoms with Gasteiger partial charge in [-0.2, -0.15) is 5.10 Å². The molecule has 234 valence electrons. The number of halogens is 1. The Kier molecular flexibility index (Phi) is 8.66. The van der Waals surface area contributed by atoms with E-state index in [1.165, 1.54) is 12.3 Å². The van der Waals surface area contributed by atoms with Gasteiger partial charge in [0.25, 0.3) is 5.91 Å². The Morgan fingerprint density at radius 1 is 1.11 bits per heavy atom. The molecule has 1 aliphatic carbocycles. The van der Waals surface area contributed by atoms with Crippen LogP contribution in [0, 0.1) is 12.7 Å². The topological polar surface area (TPSA) is 108 Å². The number of piperazine rings is 1. The van der Waals surface area contributed by atoms with Gasteiger partial charge in [-0.15, -0.1) is 0 Å². The molecule has 1 saturated carbocycles. The first-order valence-corrected chi connectivity index (χ1v) is 15.5. The maximum atomic E-state index is 15.8. The largest absolute Gasteiger partial charge is 0.393 e. The van der Waals surface area contributed by atoms with E-state index in [4.69, 9.17) is 4.98 Å². The highest BCUT2D eigenvalue weighted by molar-refractivity contribution is 6.05. The van der Waals surface area contributed by atoms with E-state index in [-0.39, 0.29) is 23.4 Å². The Hall–Kier alpha value is -3.87. The molecule has 11 nitrogen and oxygen atoms in total. The average Bonchev–Trinajstić information content (AvgIpc) is 3.54. The lowest BCUT2D eigenvalue weighted by Gasteiger charge is -2.36. The second-order valence-electron chi connectivity index (χ2n) is 12.3. The normalized spacial score (nSPS) is 19.7. The molecule has 3 aromatic heterocycles. The SMILES string of the molecule is Cc1c(-c2nccc(C(=O)Nc3nc4ccc(N5CCN(CCN(C)C)CC5)cc4n3C3CCC(O)CC3)c2F)cnn1C. The third-order valence-corrected chi connectivity index (χ3v) is 9.15. The third kappa shape index (κ3) is 6.06. The van der Waals surface area contributed by atoms with Gasteiger partial charge in [0.15, 0.2) is 5.82 Å². The molecule has 0 atom stereocenters. The van der Waals surface area contributed by atoms with Crippen LogP contribution in [0.15, 0.2) is 36.7 Å². The standard InChI is InChI=1S/C32H42FN9O2/c1-21-26(20-35-39(21)4)30-29(33)25(11-12-34-30)31(44)37-32-36-27-10-7-23(41-17-15-40(16-18-41)14-13-38(2)3)19-28(27)42(32)22-5-8-24(43)9-6-22/h7,10-12,19-20,22,24,43H,5-6,8-9,13-18H2,1-4H3,(H,36,37,44). The highest BCUT2D eigenvalue weighted by atomic mass is 19.1. The van der Waals surface area contributed by atoms with Crippen molar-refractivity contribution in [2.45, 2.75) is 44.8 Å². The van der Waals surface area contributed by atoms with Gasteiger partial charge in [0, 0.05) is 75.5 Å². The summed E-state index contributed by atoms with van der Waals surface area (Å²) in [6, 6.07) is 7.70. The Bertz CT molecular complexity index is 1630. The second kappa shape index (κ2) is 12.6. The number of rotatable bonds is 8. The summed E-state index contributed by atoms with van der Waals surface area (Å²) in [5, 5.41) is 17.3. The zero-order chi connectivity index (χ0) is 31.0. The van der Waals surface area contributed by atoms with E-state index in [9.17, 15) is 9.90 Å². The molecule has 1 saturated heterocycles. The van der Waals surface area contributed by atoms with E-state index >= 15 is 4.39 Å². The van der Waals surface area contributed by atoms with Crippen molar-refractivity contribution < 1.29 is 14.3 Å². The molecule has 1 amide bonds. The van der Waals surface area contributed by atoms with Gasteiger partial charge in [-0.05, 0) is 71.0 Å². The highest BCUT2D eigenvalue weighted by Crippen LogP contribution is 2.36. The van der Waals surface area contributed by atoms with Gasteiger partial charge in [0.2, 0.25) is 5.95 Å². The summed E-state index contributed by atoms with van der Waals surface area (Å²) >= 11 is 0. The number of aliphatic hydroxyl groups is 1. The van der Waals surface area contributed by atoms with Crippen LogP contribution in [0.25, 0.3) is 22.3 Å². The van der Waals surface area contributed by atoms with Crippen LogP contribution in [0.3, 0.4) is 0 Å². The second-order valence-corrected chi connectivity index (χ2v) is 12.3. The fourth-order valence-electron chi connectivity index (χ4n) is 6.33. The Morgan fingerprint density at radius 2 is 1.86 bits per heavy atom. The van der Waals surface area contributed by atoms with Crippen molar-refractivity contribution in [1.82, 2.24) is 34.1 Å². The van der Waals surface area contributed by atoms with Crippen LogP contribution in [0.2, 0.25) is 0 Å². The minimum Gasteiger partial charge on any atom is -0.393 e. The first kappa shape index (κ1) is 30.2. The molecule has 1 aromatic carbocycles. The number of amides is 1. The maximum absolute atomic E-state index is 15.8. The number of aliphatic hydroxyl groups excluding tert-OH is 1. The fourth-order valence-corrected chi connectivity index (χ4v) is 6.33. The van der Waals surface area contributed by atoms with Crippen LogP contribution in [0.5, 0.6) is 0 Å². The molecule has 2 aliphatic rings. The lowest BCUT2D eigenvalue weighted by atomic mass is 9.93. The van der Waals surface area contributed by atoms with Crippen LogP contribution in [-0.2, 0) is 7.05 Å². The summed E-state index contributed by atoms with van der Waals surface area (Å²) in [6.07, 6.45) is 5.56. The third-order valence-electron chi connectivity index (χ3n) is 9.15. The van der Waals surface area contributed by atoms with Crippen molar-refractivity contribution in [3.05, 3.63) is 53.7 Å². The number of anilines is 2. The number of hydrogen-bond acceptors (Lipinski definition) is 8. The monoisotopic (exact) mass is 603 g/mol. The van der Waals surface area contributed by atoms with Crippen molar-refractivity contribution in [2.75, 3.05) is 63.6 Å². The number of likely N-dealkylation sites (N-methyl/N-ethyl adjacent to an activating group) is 1. The van der Waals surface area contributed by atoms with Crippen LogP contribution < -0.4 is 10.2 Å². The summed E-state index contributed by atoms with van der Waals surface area (Å²) in [7, 11) is 5.98. The van der Waals surface area contributed by atoms with Crippen molar-refractivity contribution >= 4 is 28.6 Å². The van der Waals surface area contributed by atoms with Crippen molar-refractivity contribution in [3.63, 3.8) is 0 Å². The first-order chi connectivity index (χ1) is 21.2. The Morgan fingerprint density at radius 3 is 2.55 bits per heavy atom. The van der Waals surface area contributed by atoms with Gasteiger partial charge < -0.3 is 19.5 Å². The molecule has 6 rings (SSSR count). The Balaban J connectivity index is 1.30. The van der Waals surface area contributed by atoms with E-state index in [0.717, 1.165) is 74.5 Å². The number of nitrogens with zero attached hydrogens (tertiary/aromatic N) is 8. The van der Waals surface area contributed by atoms with E-state index < -0.39 is 11.7 Å². The van der Waals surface area contributed by atoms with Crippen LogP contribution >= 0.6 is 0 Å². The van der Waals surface area contributed by atoms with Crippen LogP contribution in [0.4, 0.5) is 16.0 Å². The van der Waals surface area contributed by atoms with Crippen molar-refractivity contribution in [1.29, 1.82) is 0 Å². The van der Waals surface area contributed by atoms with Gasteiger partial charge in [-0.3, -0.25) is 24.7 Å². The van der Waals surface area contributed by atoms with E-state index in [1.807, 2.05) is 13.0 Å². The summed E-state index contributed by atoms with van der Waals surface area (Å²) in [5.41, 5.74) is 4.09. The molecule has 0 unspecified atom stereocenters. The predicted octanol–water partition coefficient (Wildman–Crippen LogP) is 3.69. The summed E-state index contributed by atoms with van der Waals surface area (Å²) in [6.45, 7) is 7.82. The Labute approximate surface area is 257 Å². The molecule has 0 bridgehead atoms. The zero-order valence-corrected chi connectivity index (χ0v) is 26.0. The van der Waals surface area contributed by atoms with Gasteiger partial charge >= 0.3 is 0 Å². The number of hydrogen-bond donors (Lipinski definition) is 2. The lowest BCUT2D eigenvalue weighted by Crippen LogP contribution is -2.48. The van der Waals surface area contributed by atoms with Crippen molar-refractivity contribution in [3.8, 4) is 11.3 Å². The number of carbonyl (C=O) groups excluding carboxylic acids is 1. The molecule has 0 spiro atoms. The molecule has 4 heterocycles. The number of pyridine rings is 1. The average molecular weight is 604 g/mol. The summed E-state index contributed by atoms with van der Waals surface area (Å²) in [4.78, 5) is 29.8. The van der Waals surface area contributed by atoms with Gasteiger partial charge in [-0.25, -0.2) is 9.37 Å².